The first kappa shape index (κ1) is 18.9. The number of carbonyl (C=O) groups excluding carboxylic acids is 1. The van der Waals surface area contributed by atoms with Crippen molar-refractivity contribution >= 4 is 17.7 Å². The van der Waals surface area contributed by atoms with Crippen LogP contribution in [-0.2, 0) is 5.75 Å². The van der Waals surface area contributed by atoms with Gasteiger partial charge in [0.05, 0.1) is 0 Å². The van der Waals surface area contributed by atoms with Gasteiger partial charge in [0.1, 0.15) is 0 Å². The van der Waals surface area contributed by atoms with Crippen molar-refractivity contribution in [2.75, 3.05) is 0 Å². The summed E-state index contributed by atoms with van der Waals surface area (Å²) in [7, 11) is 0. The Labute approximate surface area is 160 Å². The lowest BCUT2D eigenvalue weighted by Gasteiger charge is -2.17. The zero-order valence-electron chi connectivity index (χ0n) is 15.6. The van der Waals surface area contributed by atoms with Crippen LogP contribution in [0.3, 0.4) is 0 Å². The van der Waals surface area contributed by atoms with Gasteiger partial charge >= 0.3 is 0 Å². The average molecular weight is 370 g/mol. The van der Waals surface area contributed by atoms with Crippen LogP contribution >= 0.6 is 11.8 Å². The molecule has 0 radical (unpaired) electrons. The van der Waals surface area contributed by atoms with Crippen LogP contribution in [0.25, 0.3) is 0 Å². The molecule has 1 saturated carbocycles. The van der Waals surface area contributed by atoms with Gasteiger partial charge in [-0.3, -0.25) is 4.79 Å². The smallest absolute Gasteiger partial charge is 0.251 e. The maximum absolute atomic E-state index is 12.8. The molecular weight excluding hydrogens is 342 g/mol. The van der Waals surface area contributed by atoms with Gasteiger partial charge in [-0.05, 0) is 44.4 Å². The molecule has 1 heterocycles. The SMILES string of the molecule is Cc1cc(C)nc(SCc2ccccc2C(=O)NC2CCCCCC2)n1. The van der Waals surface area contributed by atoms with Crippen molar-refractivity contribution in [1.29, 1.82) is 0 Å². The second-order valence-corrected chi connectivity index (χ2v) is 7.98. The minimum absolute atomic E-state index is 0.0504. The molecule has 0 aliphatic heterocycles. The van der Waals surface area contributed by atoms with Gasteiger partial charge < -0.3 is 5.32 Å². The predicted molar refractivity (Wildman–Crippen MR) is 106 cm³/mol. The number of thioether (sulfide) groups is 1. The van der Waals surface area contributed by atoms with E-state index in [0.717, 1.165) is 40.5 Å². The largest absolute Gasteiger partial charge is 0.349 e. The summed E-state index contributed by atoms with van der Waals surface area (Å²) in [6.45, 7) is 3.96. The van der Waals surface area contributed by atoms with E-state index in [1.54, 1.807) is 11.8 Å². The monoisotopic (exact) mass is 369 g/mol. The molecule has 0 saturated heterocycles. The topological polar surface area (TPSA) is 54.9 Å². The Hall–Kier alpha value is -1.88. The number of benzene rings is 1. The van der Waals surface area contributed by atoms with E-state index in [9.17, 15) is 4.79 Å². The van der Waals surface area contributed by atoms with E-state index >= 15 is 0 Å². The molecule has 1 aliphatic rings. The summed E-state index contributed by atoms with van der Waals surface area (Å²) in [5, 5.41) is 4.02. The maximum Gasteiger partial charge on any atom is 0.251 e. The number of aromatic nitrogens is 2. The molecular formula is C21H27N3OS. The first-order valence-electron chi connectivity index (χ1n) is 9.45. The van der Waals surface area contributed by atoms with E-state index in [1.165, 1.54) is 25.7 Å². The Morgan fingerprint density at radius 1 is 1.08 bits per heavy atom. The summed E-state index contributed by atoms with van der Waals surface area (Å²) in [6, 6.07) is 10.2. The van der Waals surface area contributed by atoms with Gasteiger partial charge in [-0.2, -0.15) is 0 Å². The highest BCUT2D eigenvalue weighted by molar-refractivity contribution is 7.98. The molecule has 26 heavy (non-hydrogen) atoms. The Morgan fingerprint density at radius 2 is 1.73 bits per heavy atom. The van der Waals surface area contributed by atoms with Crippen LogP contribution in [0.2, 0.25) is 0 Å². The summed E-state index contributed by atoms with van der Waals surface area (Å²) in [5.74, 6) is 0.742. The third-order valence-electron chi connectivity index (χ3n) is 4.77. The molecule has 1 aliphatic carbocycles. The molecule has 0 unspecified atom stereocenters. The Bertz CT molecular complexity index is 734. The Morgan fingerprint density at radius 3 is 2.42 bits per heavy atom. The standard InChI is InChI=1S/C21H27N3OS/c1-15-13-16(2)23-21(22-15)26-14-17-9-7-8-12-19(17)20(25)24-18-10-5-3-4-6-11-18/h7-9,12-13,18H,3-6,10-11,14H2,1-2H3,(H,24,25). The number of aryl methyl sites for hydroxylation is 2. The molecule has 0 spiro atoms. The van der Waals surface area contributed by atoms with Gasteiger partial charge in [0, 0.05) is 28.7 Å². The first-order chi connectivity index (χ1) is 12.6. The van der Waals surface area contributed by atoms with Crippen LogP contribution in [0.4, 0.5) is 0 Å². The number of nitrogens with one attached hydrogen (secondary N) is 1. The lowest BCUT2D eigenvalue weighted by Crippen LogP contribution is -2.34. The number of amides is 1. The van der Waals surface area contributed by atoms with Crippen LogP contribution in [-0.4, -0.2) is 21.9 Å². The van der Waals surface area contributed by atoms with Crippen molar-refractivity contribution in [2.45, 2.75) is 69.3 Å². The summed E-state index contributed by atoms with van der Waals surface area (Å²) >= 11 is 1.58. The normalized spacial score (nSPS) is 15.5. The zero-order chi connectivity index (χ0) is 18.4. The number of carbonyl (C=O) groups is 1. The number of nitrogens with zero attached hydrogens (tertiary/aromatic N) is 2. The van der Waals surface area contributed by atoms with E-state index in [0.29, 0.717) is 11.8 Å². The Kier molecular flexibility index (Phi) is 6.67. The van der Waals surface area contributed by atoms with Gasteiger partial charge in [0.25, 0.3) is 5.91 Å². The molecule has 1 amide bonds. The van der Waals surface area contributed by atoms with Crippen molar-refractivity contribution in [3.63, 3.8) is 0 Å². The number of hydrogen-bond acceptors (Lipinski definition) is 4. The number of rotatable bonds is 5. The molecule has 138 valence electrons. The van der Waals surface area contributed by atoms with Crippen LogP contribution in [0, 0.1) is 13.8 Å². The van der Waals surface area contributed by atoms with E-state index in [-0.39, 0.29) is 5.91 Å². The molecule has 1 aromatic heterocycles. The van der Waals surface area contributed by atoms with E-state index < -0.39 is 0 Å². The van der Waals surface area contributed by atoms with E-state index in [2.05, 4.69) is 15.3 Å². The van der Waals surface area contributed by atoms with Crippen molar-refractivity contribution < 1.29 is 4.79 Å². The molecule has 4 nitrogen and oxygen atoms in total. The van der Waals surface area contributed by atoms with Crippen molar-refractivity contribution in [3.8, 4) is 0 Å². The average Bonchev–Trinajstić information content (AvgIpc) is 2.88. The summed E-state index contributed by atoms with van der Waals surface area (Å²) in [6.07, 6.45) is 7.20. The third-order valence-corrected chi connectivity index (χ3v) is 5.67. The summed E-state index contributed by atoms with van der Waals surface area (Å²) in [4.78, 5) is 21.8. The minimum atomic E-state index is 0.0504. The second-order valence-electron chi connectivity index (χ2n) is 7.04. The fourth-order valence-corrected chi connectivity index (χ4v) is 4.41. The van der Waals surface area contributed by atoms with Crippen LogP contribution in [0.1, 0.15) is 65.8 Å². The van der Waals surface area contributed by atoms with Crippen LogP contribution in [0.5, 0.6) is 0 Å². The van der Waals surface area contributed by atoms with Gasteiger partial charge in [0.15, 0.2) is 5.16 Å². The highest BCUT2D eigenvalue weighted by Gasteiger charge is 2.18. The molecule has 2 aromatic rings. The van der Waals surface area contributed by atoms with Crippen molar-refractivity contribution in [3.05, 3.63) is 52.8 Å². The maximum atomic E-state index is 12.8. The molecule has 1 fully saturated rings. The summed E-state index contributed by atoms with van der Waals surface area (Å²) < 4.78 is 0. The van der Waals surface area contributed by atoms with E-state index in [1.807, 2.05) is 44.2 Å². The predicted octanol–water partition coefficient (Wildman–Crippen LogP) is 4.84. The summed E-state index contributed by atoms with van der Waals surface area (Å²) in [5.41, 5.74) is 3.75. The zero-order valence-corrected chi connectivity index (χ0v) is 16.4. The number of hydrogen-bond donors (Lipinski definition) is 1. The molecule has 1 N–H and O–H groups in total. The highest BCUT2D eigenvalue weighted by Crippen LogP contribution is 2.23. The fraction of sp³-hybridized carbons (Fsp3) is 0.476. The van der Waals surface area contributed by atoms with Crippen LogP contribution in [0.15, 0.2) is 35.5 Å². The second kappa shape index (κ2) is 9.17. The Balaban J connectivity index is 1.67. The quantitative estimate of drug-likeness (QED) is 0.465. The molecule has 0 atom stereocenters. The molecule has 0 bridgehead atoms. The van der Waals surface area contributed by atoms with Gasteiger partial charge in [0.2, 0.25) is 0 Å². The third kappa shape index (κ3) is 5.31. The lowest BCUT2D eigenvalue weighted by molar-refractivity contribution is 0.0932. The molecule has 5 heteroatoms. The van der Waals surface area contributed by atoms with Gasteiger partial charge in [-0.15, -0.1) is 0 Å². The highest BCUT2D eigenvalue weighted by atomic mass is 32.2. The van der Waals surface area contributed by atoms with Crippen molar-refractivity contribution in [2.24, 2.45) is 0 Å². The van der Waals surface area contributed by atoms with Crippen molar-refractivity contribution in [1.82, 2.24) is 15.3 Å². The van der Waals surface area contributed by atoms with Crippen LogP contribution < -0.4 is 5.32 Å². The lowest BCUT2D eigenvalue weighted by atomic mass is 10.1. The van der Waals surface area contributed by atoms with E-state index in [4.69, 9.17) is 0 Å². The fourth-order valence-electron chi connectivity index (χ4n) is 3.45. The molecule has 3 rings (SSSR count). The molecule has 1 aromatic carbocycles. The van der Waals surface area contributed by atoms with Gasteiger partial charge in [-0.25, -0.2) is 9.97 Å². The first-order valence-corrected chi connectivity index (χ1v) is 10.4. The van der Waals surface area contributed by atoms with Gasteiger partial charge in [-0.1, -0.05) is 55.6 Å². The minimum Gasteiger partial charge on any atom is -0.349 e.